The summed E-state index contributed by atoms with van der Waals surface area (Å²) >= 11 is 6.26. The first-order chi connectivity index (χ1) is 16.1. The van der Waals surface area contributed by atoms with Gasteiger partial charge in [-0.2, -0.15) is 5.26 Å². The Hall–Kier alpha value is -4.15. The van der Waals surface area contributed by atoms with Crippen molar-refractivity contribution in [2.75, 3.05) is 12.4 Å². The van der Waals surface area contributed by atoms with E-state index in [-0.39, 0.29) is 5.91 Å². The minimum atomic E-state index is -0.286. The van der Waals surface area contributed by atoms with E-state index in [0.29, 0.717) is 51.6 Å². The molecule has 2 heterocycles. The number of aromatic nitrogens is 2. The Labute approximate surface area is 196 Å². The molecule has 7 nitrogen and oxygen atoms in total. The number of nitrogens with one attached hydrogen (secondary N) is 2. The molecule has 0 aliphatic heterocycles. The predicted molar refractivity (Wildman–Crippen MR) is 127 cm³/mol. The normalized spacial score (nSPS) is 10.5. The topological polar surface area (TPSA) is 99.9 Å². The van der Waals surface area contributed by atoms with Gasteiger partial charge in [0.15, 0.2) is 0 Å². The number of nitrogens with zero attached hydrogens (tertiary/aromatic N) is 3. The van der Waals surface area contributed by atoms with Gasteiger partial charge in [0.1, 0.15) is 5.75 Å². The van der Waals surface area contributed by atoms with Gasteiger partial charge in [-0.25, -0.2) is 0 Å². The minimum Gasteiger partial charge on any atom is -0.495 e. The molecule has 0 aliphatic rings. The standard InChI is InChI=1S/C25H20ClN5O2/c1-33-23-7-5-17(10-21(23)26)13-30-24-19-9-16(11-27)4-6-22(19)29-15-20(24)25(32)31-14-18-3-2-8-28-12-18/h2-10,12,15H,13-14H2,1H3,(H,29,30)(H,31,32). The van der Waals surface area contributed by atoms with Crippen LogP contribution in [0.4, 0.5) is 5.69 Å². The summed E-state index contributed by atoms with van der Waals surface area (Å²) in [5, 5.41) is 16.8. The summed E-state index contributed by atoms with van der Waals surface area (Å²) in [7, 11) is 1.56. The number of ether oxygens (including phenoxy) is 1. The van der Waals surface area contributed by atoms with Gasteiger partial charge in [0.2, 0.25) is 0 Å². The average molecular weight is 458 g/mol. The van der Waals surface area contributed by atoms with E-state index in [0.717, 1.165) is 11.1 Å². The van der Waals surface area contributed by atoms with Crippen molar-refractivity contribution in [2.24, 2.45) is 0 Å². The van der Waals surface area contributed by atoms with Crippen LogP contribution in [-0.2, 0) is 13.1 Å². The number of methoxy groups -OCH3 is 1. The molecule has 8 heteroatoms. The number of benzene rings is 2. The molecule has 0 fully saturated rings. The molecule has 0 spiro atoms. The van der Waals surface area contributed by atoms with Crippen molar-refractivity contribution >= 4 is 34.1 Å². The summed E-state index contributed by atoms with van der Waals surface area (Å²) in [5.41, 5.74) is 3.91. The third-order valence-corrected chi connectivity index (χ3v) is 5.40. The lowest BCUT2D eigenvalue weighted by Crippen LogP contribution is -2.24. The average Bonchev–Trinajstić information content (AvgIpc) is 2.86. The second-order valence-corrected chi connectivity index (χ2v) is 7.66. The van der Waals surface area contributed by atoms with Gasteiger partial charge in [-0.05, 0) is 47.5 Å². The van der Waals surface area contributed by atoms with Crippen molar-refractivity contribution in [3.63, 3.8) is 0 Å². The number of hydrogen-bond donors (Lipinski definition) is 2. The Bertz CT molecular complexity index is 1350. The van der Waals surface area contributed by atoms with E-state index in [1.807, 2.05) is 18.2 Å². The van der Waals surface area contributed by atoms with Crippen LogP contribution in [0.3, 0.4) is 0 Å². The zero-order chi connectivity index (χ0) is 23.2. The molecule has 2 aromatic carbocycles. The van der Waals surface area contributed by atoms with Crippen LogP contribution in [0.2, 0.25) is 5.02 Å². The van der Waals surface area contributed by atoms with Crippen LogP contribution in [0, 0.1) is 11.3 Å². The molecule has 4 aromatic rings. The molecule has 2 N–H and O–H groups in total. The molecule has 4 rings (SSSR count). The first-order valence-corrected chi connectivity index (χ1v) is 10.5. The van der Waals surface area contributed by atoms with Gasteiger partial charge in [0.25, 0.3) is 5.91 Å². The van der Waals surface area contributed by atoms with Crippen molar-refractivity contribution in [3.8, 4) is 11.8 Å². The first kappa shape index (κ1) is 22.1. The molecule has 0 saturated heterocycles. The maximum absolute atomic E-state index is 13.1. The lowest BCUT2D eigenvalue weighted by molar-refractivity contribution is 0.0951. The Kier molecular flexibility index (Phi) is 6.67. The van der Waals surface area contributed by atoms with Crippen molar-refractivity contribution in [1.82, 2.24) is 15.3 Å². The van der Waals surface area contributed by atoms with Crippen molar-refractivity contribution in [3.05, 3.63) is 94.4 Å². The highest BCUT2D eigenvalue weighted by Gasteiger charge is 2.16. The van der Waals surface area contributed by atoms with Crippen LogP contribution >= 0.6 is 11.6 Å². The fourth-order valence-corrected chi connectivity index (χ4v) is 3.70. The van der Waals surface area contributed by atoms with Gasteiger partial charge in [-0.3, -0.25) is 14.8 Å². The van der Waals surface area contributed by atoms with E-state index in [9.17, 15) is 10.1 Å². The van der Waals surface area contributed by atoms with Crippen LogP contribution in [0.5, 0.6) is 5.75 Å². The molecule has 0 saturated carbocycles. The van der Waals surface area contributed by atoms with Gasteiger partial charge in [0, 0.05) is 37.1 Å². The Balaban J connectivity index is 1.67. The van der Waals surface area contributed by atoms with E-state index >= 15 is 0 Å². The van der Waals surface area contributed by atoms with Crippen LogP contribution in [0.1, 0.15) is 27.0 Å². The molecule has 0 aliphatic carbocycles. The van der Waals surface area contributed by atoms with Crippen LogP contribution in [0.15, 0.2) is 67.1 Å². The van der Waals surface area contributed by atoms with Gasteiger partial charge in [0.05, 0.1) is 40.5 Å². The quantitative estimate of drug-likeness (QED) is 0.417. The van der Waals surface area contributed by atoms with E-state index in [2.05, 4.69) is 26.7 Å². The summed E-state index contributed by atoms with van der Waals surface area (Å²) in [6.07, 6.45) is 4.92. The molecule has 2 aromatic heterocycles. The number of nitriles is 1. The molecule has 1 amide bonds. The summed E-state index contributed by atoms with van der Waals surface area (Å²) in [6, 6.07) is 16.5. The smallest absolute Gasteiger partial charge is 0.255 e. The highest BCUT2D eigenvalue weighted by Crippen LogP contribution is 2.29. The Morgan fingerprint density at radius 3 is 2.73 bits per heavy atom. The highest BCUT2D eigenvalue weighted by atomic mass is 35.5. The summed E-state index contributed by atoms with van der Waals surface area (Å²) in [6.45, 7) is 0.735. The van der Waals surface area contributed by atoms with E-state index < -0.39 is 0 Å². The van der Waals surface area contributed by atoms with Crippen LogP contribution < -0.4 is 15.4 Å². The largest absolute Gasteiger partial charge is 0.495 e. The van der Waals surface area contributed by atoms with Gasteiger partial charge in [-0.15, -0.1) is 0 Å². The van der Waals surface area contributed by atoms with Crippen molar-refractivity contribution in [1.29, 1.82) is 5.26 Å². The Morgan fingerprint density at radius 2 is 2.00 bits per heavy atom. The predicted octanol–water partition coefficient (Wildman–Crippen LogP) is 4.71. The van der Waals surface area contributed by atoms with Gasteiger partial charge < -0.3 is 15.4 Å². The lowest BCUT2D eigenvalue weighted by Gasteiger charge is -2.15. The number of fused-ring (bicyclic) bond motifs is 1. The molecular weight excluding hydrogens is 438 g/mol. The SMILES string of the molecule is COc1ccc(CNc2c(C(=O)NCc3cccnc3)cnc3ccc(C#N)cc23)cc1Cl. The summed E-state index contributed by atoms with van der Waals surface area (Å²) in [4.78, 5) is 21.6. The molecule has 0 radical (unpaired) electrons. The molecule has 0 bridgehead atoms. The monoisotopic (exact) mass is 457 g/mol. The molecular formula is C25H20ClN5O2. The third kappa shape index (κ3) is 5.03. The zero-order valence-corrected chi connectivity index (χ0v) is 18.6. The summed E-state index contributed by atoms with van der Waals surface area (Å²) in [5.74, 6) is 0.301. The van der Waals surface area contributed by atoms with E-state index in [1.54, 1.807) is 49.8 Å². The highest BCUT2D eigenvalue weighted by molar-refractivity contribution is 6.32. The maximum atomic E-state index is 13.1. The van der Waals surface area contributed by atoms with Crippen LogP contribution in [-0.4, -0.2) is 23.0 Å². The number of rotatable bonds is 7. The number of amides is 1. The maximum Gasteiger partial charge on any atom is 0.255 e. The van der Waals surface area contributed by atoms with Crippen molar-refractivity contribution < 1.29 is 9.53 Å². The molecule has 0 unspecified atom stereocenters. The number of carbonyl (C=O) groups excluding carboxylic acids is 1. The fourth-order valence-electron chi connectivity index (χ4n) is 3.42. The zero-order valence-electron chi connectivity index (χ0n) is 17.8. The lowest BCUT2D eigenvalue weighted by atomic mass is 10.1. The second kappa shape index (κ2) is 9.98. The number of pyridine rings is 2. The second-order valence-electron chi connectivity index (χ2n) is 7.26. The third-order valence-electron chi connectivity index (χ3n) is 5.10. The summed E-state index contributed by atoms with van der Waals surface area (Å²) < 4.78 is 5.21. The van der Waals surface area contributed by atoms with Crippen LogP contribution in [0.25, 0.3) is 10.9 Å². The Morgan fingerprint density at radius 1 is 1.12 bits per heavy atom. The first-order valence-electron chi connectivity index (χ1n) is 10.2. The fraction of sp³-hybridized carbons (Fsp3) is 0.120. The molecule has 33 heavy (non-hydrogen) atoms. The van der Waals surface area contributed by atoms with Gasteiger partial charge in [-0.1, -0.05) is 23.7 Å². The van der Waals surface area contributed by atoms with E-state index in [4.69, 9.17) is 16.3 Å². The van der Waals surface area contributed by atoms with E-state index in [1.165, 1.54) is 6.20 Å². The molecule has 0 atom stereocenters. The minimum absolute atomic E-state index is 0.286. The van der Waals surface area contributed by atoms with Gasteiger partial charge >= 0.3 is 0 Å². The number of carbonyl (C=O) groups is 1. The van der Waals surface area contributed by atoms with Crippen molar-refractivity contribution in [2.45, 2.75) is 13.1 Å². The number of anilines is 1. The molecule has 164 valence electrons. The number of halogens is 1. The number of hydrogen-bond acceptors (Lipinski definition) is 6.